The van der Waals surface area contributed by atoms with Crippen molar-refractivity contribution in [2.45, 2.75) is 43.3 Å². The SMILES string of the molecule is N#CC1CC(Oc2ccc3c(c2C(F)F)C(O)C(F)(F)C3(F)F)C1. The Morgan fingerprint density at radius 3 is 2.38 bits per heavy atom. The van der Waals surface area contributed by atoms with E-state index in [2.05, 4.69) is 0 Å². The maximum atomic E-state index is 13.7. The van der Waals surface area contributed by atoms with Gasteiger partial charge in [-0.1, -0.05) is 0 Å². The highest BCUT2D eigenvalue weighted by Gasteiger charge is 2.69. The van der Waals surface area contributed by atoms with Gasteiger partial charge in [-0.2, -0.15) is 22.8 Å². The van der Waals surface area contributed by atoms with E-state index in [4.69, 9.17) is 10.00 Å². The van der Waals surface area contributed by atoms with Crippen LogP contribution in [-0.4, -0.2) is 17.1 Å². The second-order valence-corrected chi connectivity index (χ2v) is 5.88. The number of fused-ring (bicyclic) bond motifs is 1. The average molecular weight is 351 g/mol. The monoisotopic (exact) mass is 351 g/mol. The molecule has 0 saturated heterocycles. The van der Waals surface area contributed by atoms with Crippen LogP contribution in [0.3, 0.4) is 0 Å². The maximum absolute atomic E-state index is 13.7. The van der Waals surface area contributed by atoms with E-state index in [1.807, 2.05) is 6.07 Å². The van der Waals surface area contributed by atoms with Crippen LogP contribution in [0.1, 0.15) is 42.1 Å². The van der Waals surface area contributed by atoms with Gasteiger partial charge in [-0.3, -0.25) is 0 Å². The molecule has 0 amide bonds. The van der Waals surface area contributed by atoms with Crippen molar-refractivity contribution in [1.29, 1.82) is 5.26 Å². The van der Waals surface area contributed by atoms with Gasteiger partial charge in [0.05, 0.1) is 17.6 Å². The molecule has 1 saturated carbocycles. The van der Waals surface area contributed by atoms with Crippen LogP contribution in [0.25, 0.3) is 0 Å². The summed E-state index contributed by atoms with van der Waals surface area (Å²) in [7, 11) is 0. The number of hydrogen-bond acceptors (Lipinski definition) is 3. The zero-order valence-electron chi connectivity index (χ0n) is 11.9. The first-order valence-electron chi connectivity index (χ1n) is 7.06. The van der Waals surface area contributed by atoms with E-state index in [9.17, 15) is 31.4 Å². The van der Waals surface area contributed by atoms with Crippen LogP contribution < -0.4 is 4.74 Å². The molecule has 1 N–H and O–H groups in total. The molecule has 1 fully saturated rings. The molecular formula is C15H11F6NO2. The van der Waals surface area contributed by atoms with E-state index in [0.29, 0.717) is 6.07 Å². The lowest BCUT2D eigenvalue weighted by Gasteiger charge is -2.32. The predicted octanol–water partition coefficient (Wildman–Crippen LogP) is 4.08. The minimum atomic E-state index is -4.89. The normalized spacial score (nSPS) is 29.7. The molecule has 1 atom stereocenters. The topological polar surface area (TPSA) is 53.2 Å². The van der Waals surface area contributed by atoms with Crippen molar-refractivity contribution in [2.75, 3.05) is 0 Å². The van der Waals surface area contributed by atoms with Crippen LogP contribution in [-0.2, 0) is 5.92 Å². The van der Waals surface area contributed by atoms with Gasteiger partial charge in [0.1, 0.15) is 11.9 Å². The molecule has 1 aromatic rings. The number of ether oxygens (including phenoxy) is 1. The number of halogens is 6. The molecule has 2 aliphatic rings. The van der Waals surface area contributed by atoms with Crippen LogP contribution >= 0.6 is 0 Å². The molecule has 3 nitrogen and oxygen atoms in total. The number of nitrogens with zero attached hydrogens (tertiary/aromatic N) is 1. The fourth-order valence-electron chi connectivity index (χ4n) is 2.99. The summed E-state index contributed by atoms with van der Waals surface area (Å²) in [5.41, 5.74) is -3.67. The Labute approximate surface area is 132 Å². The number of aliphatic hydroxyl groups excluding tert-OH is 1. The van der Waals surface area contributed by atoms with Crippen molar-refractivity contribution in [1.82, 2.24) is 0 Å². The zero-order chi connectivity index (χ0) is 17.9. The minimum absolute atomic E-state index is 0.269. The first kappa shape index (κ1) is 16.9. The summed E-state index contributed by atoms with van der Waals surface area (Å²) in [6.07, 6.45) is -6.48. The standard InChI is InChI=1S/C15H11F6NO2/c16-13(17)11-9(24-7-3-6(4-7)5-22)2-1-8-10(11)12(23)15(20,21)14(8,18)19/h1-2,6-7,12-13,23H,3-4H2. The third kappa shape index (κ3) is 2.16. The molecule has 24 heavy (non-hydrogen) atoms. The number of alkyl halides is 6. The Hall–Kier alpha value is -1.95. The Balaban J connectivity index is 2.03. The first-order chi connectivity index (χ1) is 11.1. The highest BCUT2D eigenvalue weighted by Crippen LogP contribution is 2.60. The average Bonchev–Trinajstić information content (AvgIpc) is 2.60. The van der Waals surface area contributed by atoms with E-state index in [1.165, 1.54) is 0 Å². The van der Waals surface area contributed by atoms with E-state index in [-0.39, 0.29) is 18.8 Å². The Morgan fingerprint density at radius 1 is 1.21 bits per heavy atom. The highest BCUT2D eigenvalue weighted by atomic mass is 19.3. The van der Waals surface area contributed by atoms with Gasteiger partial charge < -0.3 is 9.84 Å². The molecule has 0 heterocycles. The Morgan fingerprint density at radius 2 is 1.83 bits per heavy atom. The predicted molar refractivity (Wildman–Crippen MR) is 68.0 cm³/mol. The highest BCUT2D eigenvalue weighted by molar-refractivity contribution is 5.53. The van der Waals surface area contributed by atoms with Gasteiger partial charge in [0.25, 0.3) is 6.43 Å². The number of hydrogen-bond donors (Lipinski definition) is 1. The van der Waals surface area contributed by atoms with Crippen molar-refractivity contribution in [2.24, 2.45) is 5.92 Å². The van der Waals surface area contributed by atoms with Crippen molar-refractivity contribution in [3.63, 3.8) is 0 Å². The van der Waals surface area contributed by atoms with Crippen LogP contribution in [0.5, 0.6) is 5.75 Å². The summed E-state index contributed by atoms with van der Waals surface area (Å²) in [5, 5.41) is 18.2. The Bertz CT molecular complexity index is 709. The molecule has 0 spiro atoms. The van der Waals surface area contributed by atoms with Gasteiger partial charge in [0, 0.05) is 24.0 Å². The fourth-order valence-corrected chi connectivity index (χ4v) is 2.99. The van der Waals surface area contributed by atoms with Crippen molar-refractivity contribution < 1.29 is 36.2 Å². The summed E-state index contributed by atoms with van der Waals surface area (Å²) in [5.74, 6) is -10.5. The number of nitriles is 1. The van der Waals surface area contributed by atoms with E-state index in [1.54, 1.807) is 0 Å². The van der Waals surface area contributed by atoms with E-state index >= 15 is 0 Å². The molecule has 0 aromatic heterocycles. The van der Waals surface area contributed by atoms with E-state index in [0.717, 1.165) is 6.07 Å². The molecule has 3 rings (SSSR count). The van der Waals surface area contributed by atoms with Gasteiger partial charge >= 0.3 is 11.8 Å². The fraction of sp³-hybridized carbons (Fsp3) is 0.533. The lowest BCUT2D eigenvalue weighted by atomic mass is 9.83. The van der Waals surface area contributed by atoms with Crippen molar-refractivity contribution >= 4 is 0 Å². The summed E-state index contributed by atoms with van der Waals surface area (Å²) in [4.78, 5) is 0. The number of benzene rings is 1. The summed E-state index contributed by atoms with van der Waals surface area (Å²) < 4.78 is 86.6. The molecule has 0 bridgehead atoms. The summed E-state index contributed by atoms with van der Waals surface area (Å²) >= 11 is 0. The number of aliphatic hydroxyl groups is 1. The van der Waals surface area contributed by atoms with Crippen LogP contribution in [0.4, 0.5) is 26.3 Å². The molecular weight excluding hydrogens is 340 g/mol. The third-order valence-corrected chi connectivity index (χ3v) is 4.41. The van der Waals surface area contributed by atoms with Gasteiger partial charge in [-0.25, -0.2) is 8.78 Å². The van der Waals surface area contributed by atoms with Gasteiger partial charge in [-0.15, -0.1) is 0 Å². The molecule has 9 heteroatoms. The molecule has 0 aliphatic heterocycles. The molecule has 1 aromatic carbocycles. The molecule has 1 unspecified atom stereocenters. The maximum Gasteiger partial charge on any atom is 0.343 e. The first-order valence-corrected chi connectivity index (χ1v) is 7.06. The summed E-state index contributed by atoms with van der Waals surface area (Å²) in [6.45, 7) is 0. The van der Waals surface area contributed by atoms with Gasteiger partial charge in [0.2, 0.25) is 0 Å². The van der Waals surface area contributed by atoms with Gasteiger partial charge in [-0.05, 0) is 12.1 Å². The second kappa shape index (κ2) is 5.28. The Kier molecular flexibility index (Phi) is 3.71. The van der Waals surface area contributed by atoms with Crippen LogP contribution in [0, 0.1) is 17.2 Å². The van der Waals surface area contributed by atoms with E-state index < -0.39 is 52.9 Å². The quantitative estimate of drug-likeness (QED) is 0.835. The lowest BCUT2D eigenvalue weighted by molar-refractivity contribution is -0.246. The summed E-state index contributed by atoms with van der Waals surface area (Å²) in [6, 6.07) is 3.31. The van der Waals surface area contributed by atoms with Crippen LogP contribution in [0.15, 0.2) is 12.1 Å². The third-order valence-electron chi connectivity index (χ3n) is 4.41. The van der Waals surface area contributed by atoms with Crippen molar-refractivity contribution in [3.8, 4) is 11.8 Å². The minimum Gasteiger partial charge on any atom is -0.490 e. The largest absolute Gasteiger partial charge is 0.490 e. The molecule has 0 radical (unpaired) electrons. The zero-order valence-corrected chi connectivity index (χ0v) is 11.9. The molecule has 130 valence electrons. The smallest absolute Gasteiger partial charge is 0.343 e. The second-order valence-electron chi connectivity index (χ2n) is 5.88. The van der Waals surface area contributed by atoms with Crippen molar-refractivity contribution in [3.05, 3.63) is 28.8 Å². The number of rotatable bonds is 3. The van der Waals surface area contributed by atoms with Crippen LogP contribution in [0.2, 0.25) is 0 Å². The lowest BCUT2D eigenvalue weighted by Crippen LogP contribution is -2.36. The molecule has 2 aliphatic carbocycles. The van der Waals surface area contributed by atoms with Gasteiger partial charge in [0.15, 0.2) is 6.10 Å².